The molecule has 0 aliphatic carbocycles. The zero-order chi connectivity index (χ0) is 21.2. The lowest BCUT2D eigenvalue weighted by Gasteiger charge is -2.40. The largest absolute Gasteiger partial charge is 0.393 e. The van der Waals surface area contributed by atoms with E-state index in [0.717, 1.165) is 4.90 Å². The molecule has 0 bridgehead atoms. The Kier molecular flexibility index (Phi) is 5.76. The lowest BCUT2D eigenvalue weighted by Crippen LogP contribution is -2.49. The first-order valence-electron chi connectivity index (χ1n) is 9.12. The number of hydrogen-bond donors (Lipinski definition) is 2. The van der Waals surface area contributed by atoms with Gasteiger partial charge in [0.15, 0.2) is 0 Å². The highest BCUT2D eigenvalue weighted by molar-refractivity contribution is 6.39. The van der Waals surface area contributed by atoms with Crippen molar-refractivity contribution in [1.82, 2.24) is 9.88 Å². The van der Waals surface area contributed by atoms with Gasteiger partial charge >= 0.3 is 18.0 Å². The minimum absolute atomic E-state index is 0.102. The van der Waals surface area contributed by atoms with E-state index in [-0.39, 0.29) is 24.3 Å². The Hall–Kier alpha value is -3.10. The molecule has 1 aromatic carbocycles. The van der Waals surface area contributed by atoms with Crippen molar-refractivity contribution in [3.8, 4) is 0 Å². The lowest BCUT2D eigenvalue weighted by atomic mass is 9.88. The normalized spacial score (nSPS) is 19.7. The van der Waals surface area contributed by atoms with Crippen LogP contribution < -0.4 is 11.1 Å². The number of halogens is 3. The number of nitrogens with one attached hydrogen (secondary N) is 1. The Balaban J connectivity index is 1.83. The predicted octanol–water partition coefficient (Wildman–Crippen LogP) is 3.45. The molecule has 2 atom stereocenters. The van der Waals surface area contributed by atoms with Gasteiger partial charge in [0.1, 0.15) is 5.82 Å². The second kappa shape index (κ2) is 8.10. The van der Waals surface area contributed by atoms with Crippen LogP contribution in [0.5, 0.6) is 0 Å². The maximum absolute atomic E-state index is 13.3. The Morgan fingerprint density at radius 1 is 1.21 bits per heavy atom. The molecule has 29 heavy (non-hydrogen) atoms. The van der Waals surface area contributed by atoms with Crippen LogP contribution in [0, 0.1) is 12.8 Å². The number of likely N-dealkylation sites (tertiary alicyclic amines) is 1. The van der Waals surface area contributed by atoms with Gasteiger partial charge in [-0.1, -0.05) is 30.3 Å². The zero-order valence-corrected chi connectivity index (χ0v) is 15.7. The Labute approximate surface area is 165 Å². The standard InChI is InChI=1S/C20H21F3N4O2/c1-12-9-15(10-25-17(12)24)26-18(28)19(29)27-11-14(20(21,22)23)7-8-16(27)13-5-3-2-4-6-13/h2-6,9-10,14,16H,7-8,11H2,1H3,(H2,24,25)(H,26,28)/t14-,16+/m0/s1. The van der Waals surface area contributed by atoms with E-state index in [2.05, 4.69) is 10.3 Å². The van der Waals surface area contributed by atoms with Crippen LogP contribution in [-0.2, 0) is 9.59 Å². The van der Waals surface area contributed by atoms with E-state index in [9.17, 15) is 22.8 Å². The van der Waals surface area contributed by atoms with Crippen LogP contribution in [0.4, 0.5) is 24.7 Å². The van der Waals surface area contributed by atoms with E-state index in [4.69, 9.17) is 5.73 Å². The molecule has 2 amide bonds. The van der Waals surface area contributed by atoms with Crippen molar-refractivity contribution in [2.75, 3.05) is 17.6 Å². The van der Waals surface area contributed by atoms with Gasteiger partial charge in [-0.3, -0.25) is 9.59 Å². The highest BCUT2D eigenvalue weighted by atomic mass is 19.4. The zero-order valence-electron chi connectivity index (χ0n) is 15.7. The smallest absolute Gasteiger partial charge is 0.383 e. The second-order valence-electron chi connectivity index (χ2n) is 7.08. The molecule has 1 aliphatic heterocycles. The van der Waals surface area contributed by atoms with Gasteiger partial charge in [-0.25, -0.2) is 4.98 Å². The number of nitrogen functional groups attached to an aromatic ring is 1. The Morgan fingerprint density at radius 3 is 2.52 bits per heavy atom. The van der Waals surface area contributed by atoms with Crippen LogP contribution >= 0.6 is 0 Å². The van der Waals surface area contributed by atoms with Gasteiger partial charge in [0, 0.05) is 6.54 Å². The first-order valence-corrected chi connectivity index (χ1v) is 9.12. The molecule has 2 heterocycles. The molecule has 154 valence electrons. The molecule has 0 radical (unpaired) electrons. The molecule has 2 aromatic rings. The highest BCUT2D eigenvalue weighted by Crippen LogP contribution is 2.40. The van der Waals surface area contributed by atoms with Crippen molar-refractivity contribution in [1.29, 1.82) is 0 Å². The van der Waals surface area contributed by atoms with Crippen molar-refractivity contribution in [3.63, 3.8) is 0 Å². The van der Waals surface area contributed by atoms with Crippen molar-refractivity contribution >= 4 is 23.3 Å². The highest BCUT2D eigenvalue weighted by Gasteiger charge is 2.46. The SMILES string of the molecule is Cc1cc(NC(=O)C(=O)N2C[C@@H](C(F)(F)F)CC[C@@H]2c2ccccc2)cnc1N. The quantitative estimate of drug-likeness (QED) is 0.748. The maximum Gasteiger partial charge on any atom is 0.393 e. The maximum atomic E-state index is 13.3. The summed E-state index contributed by atoms with van der Waals surface area (Å²) in [6.07, 6.45) is -3.13. The number of aromatic nitrogens is 1. The Morgan fingerprint density at radius 2 is 1.90 bits per heavy atom. The number of alkyl halides is 3. The van der Waals surface area contributed by atoms with Gasteiger partial charge < -0.3 is 16.0 Å². The van der Waals surface area contributed by atoms with E-state index in [0.29, 0.717) is 11.1 Å². The lowest BCUT2D eigenvalue weighted by molar-refractivity contribution is -0.192. The van der Waals surface area contributed by atoms with Gasteiger partial charge in [0.2, 0.25) is 0 Å². The number of carbonyl (C=O) groups excluding carboxylic acids is 2. The molecule has 1 aliphatic rings. The molecule has 1 saturated heterocycles. The summed E-state index contributed by atoms with van der Waals surface area (Å²) >= 11 is 0. The van der Waals surface area contributed by atoms with Crippen molar-refractivity contribution in [3.05, 3.63) is 53.7 Å². The summed E-state index contributed by atoms with van der Waals surface area (Å²) in [7, 11) is 0. The summed E-state index contributed by atoms with van der Waals surface area (Å²) in [6.45, 7) is 1.12. The minimum atomic E-state index is -4.44. The molecule has 3 rings (SSSR count). The fourth-order valence-corrected chi connectivity index (χ4v) is 3.45. The summed E-state index contributed by atoms with van der Waals surface area (Å²) < 4.78 is 39.8. The van der Waals surface area contributed by atoms with E-state index in [1.807, 2.05) is 0 Å². The van der Waals surface area contributed by atoms with Crippen molar-refractivity contribution in [2.24, 2.45) is 5.92 Å². The second-order valence-corrected chi connectivity index (χ2v) is 7.08. The molecule has 1 fully saturated rings. The summed E-state index contributed by atoms with van der Waals surface area (Å²) in [5.74, 6) is -3.41. The summed E-state index contributed by atoms with van der Waals surface area (Å²) in [6, 6.07) is 9.69. The molecule has 9 heteroatoms. The van der Waals surface area contributed by atoms with E-state index in [1.54, 1.807) is 37.3 Å². The van der Waals surface area contributed by atoms with E-state index in [1.165, 1.54) is 12.3 Å². The first kappa shape index (κ1) is 20.6. The fourth-order valence-electron chi connectivity index (χ4n) is 3.45. The fraction of sp³-hybridized carbons (Fsp3) is 0.350. The summed E-state index contributed by atoms with van der Waals surface area (Å²) in [4.78, 5) is 30.2. The van der Waals surface area contributed by atoms with Crippen LogP contribution in [-0.4, -0.2) is 34.4 Å². The molecular weight excluding hydrogens is 385 g/mol. The number of carbonyl (C=O) groups is 2. The molecule has 3 N–H and O–H groups in total. The van der Waals surface area contributed by atoms with Gasteiger partial charge in [0.05, 0.1) is 23.8 Å². The van der Waals surface area contributed by atoms with Gasteiger partial charge in [-0.2, -0.15) is 13.2 Å². The van der Waals surface area contributed by atoms with Gasteiger partial charge in [0.25, 0.3) is 0 Å². The number of hydrogen-bond acceptors (Lipinski definition) is 4. The number of anilines is 2. The summed E-state index contributed by atoms with van der Waals surface area (Å²) in [5, 5.41) is 2.40. The van der Waals surface area contributed by atoms with Crippen LogP contribution in [0.3, 0.4) is 0 Å². The number of piperidine rings is 1. The third kappa shape index (κ3) is 4.67. The number of benzene rings is 1. The average molecular weight is 406 g/mol. The molecule has 0 unspecified atom stereocenters. The summed E-state index contributed by atoms with van der Waals surface area (Å²) in [5.41, 5.74) is 7.17. The van der Waals surface area contributed by atoms with Gasteiger partial charge in [-0.05, 0) is 37.0 Å². The number of amides is 2. The van der Waals surface area contributed by atoms with Gasteiger partial charge in [-0.15, -0.1) is 0 Å². The molecule has 0 spiro atoms. The molecule has 6 nitrogen and oxygen atoms in total. The Bertz CT molecular complexity index is 902. The average Bonchev–Trinajstić information content (AvgIpc) is 2.69. The van der Waals surface area contributed by atoms with Crippen LogP contribution in [0.25, 0.3) is 0 Å². The number of rotatable bonds is 2. The third-order valence-corrected chi connectivity index (χ3v) is 5.06. The van der Waals surface area contributed by atoms with E-state index < -0.39 is 36.5 Å². The first-order chi connectivity index (χ1) is 13.7. The third-order valence-electron chi connectivity index (χ3n) is 5.06. The molecule has 1 aromatic heterocycles. The number of nitrogens with two attached hydrogens (primary N) is 1. The van der Waals surface area contributed by atoms with Crippen LogP contribution in [0.2, 0.25) is 0 Å². The minimum Gasteiger partial charge on any atom is -0.383 e. The molecular formula is C20H21F3N4O2. The predicted molar refractivity (Wildman–Crippen MR) is 102 cm³/mol. The van der Waals surface area contributed by atoms with Crippen molar-refractivity contribution < 1.29 is 22.8 Å². The monoisotopic (exact) mass is 406 g/mol. The number of aryl methyl sites for hydroxylation is 1. The number of nitrogens with zero attached hydrogens (tertiary/aromatic N) is 2. The molecule has 0 saturated carbocycles. The van der Waals surface area contributed by atoms with Crippen LogP contribution in [0.15, 0.2) is 42.6 Å². The van der Waals surface area contributed by atoms with Crippen molar-refractivity contribution in [2.45, 2.75) is 32.0 Å². The number of pyridine rings is 1. The van der Waals surface area contributed by atoms with E-state index >= 15 is 0 Å². The topological polar surface area (TPSA) is 88.3 Å². The van der Waals surface area contributed by atoms with Crippen LogP contribution in [0.1, 0.15) is 30.0 Å².